The number of hydrogen-bond donors (Lipinski definition) is 2. The van der Waals surface area contributed by atoms with Crippen LogP contribution in [0.2, 0.25) is 0 Å². The number of aryl methyl sites for hydroxylation is 1. The van der Waals surface area contributed by atoms with E-state index in [4.69, 9.17) is 4.74 Å². The van der Waals surface area contributed by atoms with Gasteiger partial charge in [-0.15, -0.1) is 12.4 Å². The minimum atomic E-state index is -0.459. The molecule has 1 saturated heterocycles. The summed E-state index contributed by atoms with van der Waals surface area (Å²) in [4.78, 5) is 16.6. The number of rotatable bonds is 4. The molecular formula is C21H28ClN3O3. The molecule has 6 nitrogen and oxygen atoms in total. The molecule has 2 N–H and O–H groups in total. The molecule has 1 aliphatic heterocycles. The van der Waals surface area contributed by atoms with Gasteiger partial charge in [-0.05, 0) is 62.2 Å². The van der Waals surface area contributed by atoms with Crippen LogP contribution >= 0.6 is 12.4 Å². The summed E-state index contributed by atoms with van der Waals surface area (Å²) >= 11 is 0. The molecule has 0 radical (unpaired) electrons. The number of carbonyl (C=O) groups excluding carboxylic acids is 1. The van der Waals surface area contributed by atoms with Crippen LogP contribution in [0.1, 0.15) is 18.1 Å². The fourth-order valence-electron chi connectivity index (χ4n) is 3.25. The summed E-state index contributed by atoms with van der Waals surface area (Å²) in [6.07, 6.45) is -0.459. The Morgan fingerprint density at radius 1 is 1.07 bits per heavy atom. The summed E-state index contributed by atoms with van der Waals surface area (Å²) in [5.74, 6) is 0.779. The van der Waals surface area contributed by atoms with Gasteiger partial charge in [0.15, 0.2) is 6.23 Å². The molecule has 0 aliphatic carbocycles. The zero-order valence-corrected chi connectivity index (χ0v) is 17.3. The molecule has 1 heterocycles. The van der Waals surface area contributed by atoms with Crippen LogP contribution in [0.4, 0.5) is 10.5 Å². The van der Waals surface area contributed by atoms with E-state index in [0.717, 1.165) is 13.1 Å². The third-order valence-electron chi connectivity index (χ3n) is 4.96. The van der Waals surface area contributed by atoms with Crippen LogP contribution in [0, 0.1) is 13.8 Å². The molecule has 2 aromatic carbocycles. The second-order valence-corrected chi connectivity index (χ2v) is 6.90. The smallest absolute Gasteiger partial charge is 0.320 e. The molecule has 2 aromatic rings. The van der Waals surface area contributed by atoms with Gasteiger partial charge in [-0.2, -0.15) is 0 Å². The van der Waals surface area contributed by atoms with Crippen molar-refractivity contribution in [1.29, 1.82) is 0 Å². The van der Waals surface area contributed by atoms with Crippen LogP contribution in [0.3, 0.4) is 0 Å². The van der Waals surface area contributed by atoms with Crippen molar-refractivity contribution in [2.75, 3.05) is 31.1 Å². The first-order valence-corrected chi connectivity index (χ1v) is 9.26. The Bertz CT molecular complexity index is 790. The normalized spacial score (nSPS) is 14.8. The van der Waals surface area contributed by atoms with Gasteiger partial charge in [0.2, 0.25) is 0 Å². The molecule has 3 rings (SSSR count). The van der Waals surface area contributed by atoms with E-state index >= 15 is 0 Å². The average Bonchev–Trinajstić information content (AvgIpc) is 2.66. The van der Waals surface area contributed by atoms with Crippen LogP contribution in [0.5, 0.6) is 11.5 Å². The third kappa shape index (κ3) is 5.23. The summed E-state index contributed by atoms with van der Waals surface area (Å²) in [5, 5.41) is 12.2. The molecule has 0 spiro atoms. The van der Waals surface area contributed by atoms with E-state index < -0.39 is 6.23 Å². The van der Waals surface area contributed by atoms with Crippen LogP contribution in [-0.4, -0.2) is 48.4 Å². The van der Waals surface area contributed by atoms with Gasteiger partial charge in [0, 0.05) is 31.9 Å². The van der Waals surface area contributed by atoms with E-state index in [9.17, 15) is 9.90 Å². The van der Waals surface area contributed by atoms with E-state index in [1.165, 1.54) is 16.8 Å². The summed E-state index contributed by atoms with van der Waals surface area (Å²) in [6.45, 7) is 9.02. The van der Waals surface area contributed by atoms with Crippen LogP contribution in [0.25, 0.3) is 0 Å². The second-order valence-electron chi connectivity index (χ2n) is 6.90. The summed E-state index contributed by atoms with van der Waals surface area (Å²) in [7, 11) is 0. The van der Waals surface area contributed by atoms with Gasteiger partial charge in [-0.3, -0.25) is 0 Å². The predicted octanol–water partition coefficient (Wildman–Crippen LogP) is 3.69. The van der Waals surface area contributed by atoms with Gasteiger partial charge >= 0.3 is 6.03 Å². The van der Waals surface area contributed by atoms with E-state index in [1.54, 1.807) is 31.2 Å². The molecule has 1 aliphatic rings. The number of anilines is 1. The zero-order valence-electron chi connectivity index (χ0n) is 16.5. The number of nitrogens with zero attached hydrogens (tertiary/aromatic N) is 2. The van der Waals surface area contributed by atoms with Crippen LogP contribution in [-0.2, 0) is 0 Å². The quantitative estimate of drug-likeness (QED) is 0.761. The molecule has 1 unspecified atom stereocenters. The first-order chi connectivity index (χ1) is 12.9. The highest BCUT2D eigenvalue weighted by Crippen LogP contribution is 2.24. The monoisotopic (exact) mass is 405 g/mol. The Kier molecular flexibility index (Phi) is 7.40. The Labute approximate surface area is 172 Å². The average molecular weight is 406 g/mol. The lowest BCUT2D eigenvalue weighted by atomic mass is 10.1. The Morgan fingerprint density at radius 2 is 1.71 bits per heavy atom. The molecule has 1 atom stereocenters. The number of benzene rings is 2. The van der Waals surface area contributed by atoms with Crippen molar-refractivity contribution in [3.8, 4) is 11.5 Å². The van der Waals surface area contributed by atoms with Crippen molar-refractivity contribution < 1.29 is 14.6 Å². The van der Waals surface area contributed by atoms with Crippen molar-refractivity contribution in [2.24, 2.45) is 0 Å². The highest BCUT2D eigenvalue weighted by molar-refractivity contribution is 5.85. The Hall–Kier alpha value is -2.60. The topological polar surface area (TPSA) is 65.0 Å². The molecular weight excluding hydrogens is 378 g/mol. The summed E-state index contributed by atoms with van der Waals surface area (Å²) < 4.78 is 5.67. The largest absolute Gasteiger partial charge is 0.508 e. The predicted molar refractivity (Wildman–Crippen MR) is 114 cm³/mol. The maximum absolute atomic E-state index is 12.5. The molecule has 0 bridgehead atoms. The van der Waals surface area contributed by atoms with E-state index in [0.29, 0.717) is 18.8 Å². The van der Waals surface area contributed by atoms with Gasteiger partial charge < -0.3 is 25.0 Å². The van der Waals surface area contributed by atoms with Crippen molar-refractivity contribution in [3.63, 3.8) is 0 Å². The van der Waals surface area contributed by atoms with Gasteiger partial charge in [0.25, 0.3) is 0 Å². The highest BCUT2D eigenvalue weighted by Gasteiger charge is 2.23. The Morgan fingerprint density at radius 3 is 2.36 bits per heavy atom. The zero-order chi connectivity index (χ0) is 19.4. The number of phenolic OH excluding ortho intramolecular Hbond substituents is 1. The van der Waals surface area contributed by atoms with E-state index in [-0.39, 0.29) is 24.2 Å². The number of urea groups is 1. The number of carbonyl (C=O) groups is 1. The molecule has 152 valence electrons. The van der Waals surface area contributed by atoms with Crippen molar-refractivity contribution in [3.05, 3.63) is 53.6 Å². The minimum absolute atomic E-state index is 0. The third-order valence-corrected chi connectivity index (χ3v) is 4.96. The van der Waals surface area contributed by atoms with Crippen LogP contribution in [0.15, 0.2) is 42.5 Å². The molecule has 1 fully saturated rings. The number of ether oxygens (including phenoxy) is 1. The molecule has 7 heteroatoms. The number of nitrogens with one attached hydrogen (secondary N) is 1. The van der Waals surface area contributed by atoms with Gasteiger partial charge in [-0.1, -0.05) is 12.1 Å². The molecule has 0 aromatic heterocycles. The lowest BCUT2D eigenvalue weighted by Crippen LogP contribution is -2.54. The van der Waals surface area contributed by atoms with E-state index in [1.807, 2.05) is 4.90 Å². The maximum atomic E-state index is 12.5. The SMILES string of the molecule is Cc1cccc(N2CCN(C(=O)NC(C)Oc3ccc(O)cc3)CC2)c1C.Cl. The number of aromatic hydroxyl groups is 1. The fourth-order valence-corrected chi connectivity index (χ4v) is 3.25. The first-order valence-electron chi connectivity index (χ1n) is 9.26. The maximum Gasteiger partial charge on any atom is 0.320 e. The Balaban J connectivity index is 0.00000280. The van der Waals surface area contributed by atoms with Crippen molar-refractivity contribution >= 4 is 24.1 Å². The van der Waals surface area contributed by atoms with Crippen molar-refractivity contribution in [1.82, 2.24) is 10.2 Å². The fraction of sp³-hybridized carbons (Fsp3) is 0.381. The number of halogens is 1. The minimum Gasteiger partial charge on any atom is -0.508 e. The van der Waals surface area contributed by atoms with Gasteiger partial charge in [0.1, 0.15) is 11.5 Å². The lowest BCUT2D eigenvalue weighted by Gasteiger charge is -2.37. The molecule has 0 saturated carbocycles. The van der Waals surface area contributed by atoms with E-state index in [2.05, 4.69) is 42.3 Å². The molecule has 28 heavy (non-hydrogen) atoms. The number of amides is 2. The van der Waals surface area contributed by atoms with Crippen molar-refractivity contribution in [2.45, 2.75) is 27.0 Å². The summed E-state index contributed by atoms with van der Waals surface area (Å²) in [6, 6.07) is 12.7. The standard InChI is InChI=1S/C21H27N3O3.ClH/c1-15-5-4-6-20(16(15)2)23-11-13-24(14-12-23)21(26)22-17(3)27-19-9-7-18(25)8-10-19;/h4-10,17,25H,11-14H2,1-3H3,(H,22,26);1H. The first kappa shape index (κ1) is 21.7. The number of hydrogen-bond acceptors (Lipinski definition) is 4. The second kappa shape index (κ2) is 9.55. The summed E-state index contributed by atoms with van der Waals surface area (Å²) in [5.41, 5.74) is 3.83. The van der Waals surface area contributed by atoms with Gasteiger partial charge in [-0.25, -0.2) is 4.79 Å². The number of phenols is 1. The molecule has 2 amide bonds. The van der Waals surface area contributed by atoms with Gasteiger partial charge in [0.05, 0.1) is 0 Å². The lowest BCUT2D eigenvalue weighted by molar-refractivity contribution is 0.151. The highest BCUT2D eigenvalue weighted by atomic mass is 35.5. The number of piperazine rings is 1. The van der Waals surface area contributed by atoms with Crippen LogP contribution < -0.4 is 15.0 Å².